The van der Waals surface area contributed by atoms with E-state index in [-0.39, 0.29) is 17.1 Å². The molecular formula is C29H31FN2O2. The number of anilines is 1. The van der Waals surface area contributed by atoms with Gasteiger partial charge in [-0.1, -0.05) is 29.3 Å². The Morgan fingerprint density at radius 2 is 1.65 bits per heavy atom. The number of halogens is 1. The summed E-state index contributed by atoms with van der Waals surface area (Å²) in [6.07, 6.45) is 1.95. The van der Waals surface area contributed by atoms with E-state index in [0.717, 1.165) is 43.9 Å². The van der Waals surface area contributed by atoms with Crippen molar-refractivity contribution in [1.82, 2.24) is 4.90 Å². The average molecular weight is 459 g/mol. The zero-order valence-corrected chi connectivity index (χ0v) is 20.1. The molecule has 0 N–H and O–H groups in total. The van der Waals surface area contributed by atoms with Crippen LogP contribution in [0, 0.1) is 19.7 Å². The number of methoxy groups -OCH3 is 1. The van der Waals surface area contributed by atoms with Gasteiger partial charge in [-0.05, 0) is 93.4 Å². The summed E-state index contributed by atoms with van der Waals surface area (Å²) in [6.45, 7) is 7.84. The zero-order chi connectivity index (χ0) is 23.9. The molecule has 0 aromatic heterocycles. The summed E-state index contributed by atoms with van der Waals surface area (Å²) in [7, 11) is 1.68. The summed E-state index contributed by atoms with van der Waals surface area (Å²) in [4.78, 5) is 17.8. The quantitative estimate of drug-likeness (QED) is 0.507. The molecular weight excluding hydrogens is 427 g/mol. The molecule has 1 saturated heterocycles. The van der Waals surface area contributed by atoms with E-state index in [1.165, 1.54) is 34.4 Å². The van der Waals surface area contributed by atoms with Gasteiger partial charge in [0.1, 0.15) is 11.6 Å². The standard InChI is InChI=1S/C29H31FN2O2/c1-20-14-21(2)16-22(15-20)18-31-12-10-29(11-13-31)19-32(27-9-8-25(34-3)17-26(27)29)28(33)23-4-6-24(30)7-5-23/h4-9,14-17H,10-13,18-19H2,1-3H3. The lowest BCUT2D eigenvalue weighted by Crippen LogP contribution is -2.45. The number of likely N-dealkylation sites (tertiary alicyclic amines) is 1. The third kappa shape index (κ3) is 4.21. The summed E-state index contributed by atoms with van der Waals surface area (Å²) < 4.78 is 19.0. The number of amides is 1. The van der Waals surface area contributed by atoms with Gasteiger partial charge in [0.25, 0.3) is 5.91 Å². The summed E-state index contributed by atoms with van der Waals surface area (Å²) in [5.74, 6) is 0.392. The Morgan fingerprint density at radius 3 is 2.29 bits per heavy atom. The number of fused-ring (bicyclic) bond motifs is 2. The van der Waals surface area contributed by atoms with Crippen molar-refractivity contribution < 1.29 is 13.9 Å². The van der Waals surface area contributed by atoms with Crippen molar-refractivity contribution in [2.24, 2.45) is 0 Å². The minimum Gasteiger partial charge on any atom is -0.497 e. The maximum Gasteiger partial charge on any atom is 0.258 e. The fourth-order valence-electron chi connectivity index (χ4n) is 5.69. The minimum absolute atomic E-state index is 0.0824. The Kier molecular flexibility index (Phi) is 5.90. The number of ether oxygens (including phenoxy) is 1. The number of carbonyl (C=O) groups is 1. The highest BCUT2D eigenvalue weighted by molar-refractivity contribution is 6.07. The largest absolute Gasteiger partial charge is 0.497 e. The highest BCUT2D eigenvalue weighted by atomic mass is 19.1. The van der Waals surface area contributed by atoms with E-state index < -0.39 is 0 Å². The number of rotatable bonds is 4. The van der Waals surface area contributed by atoms with Crippen LogP contribution in [-0.4, -0.2) is 37.6 Å². The molecule has 0 saturated carbocycles. The van der Waals surface area contributed by atoms with Gasteiger partial charge in [0.15, 0.2) is 0 Å². The summed E-state index contributed by atoms with van der Waals surface area (Å²) in [5.41, 5.74) is 6.50. The molecule has 1 amide bonds. The molecule has 0 aliphatic carbocycles. The van der Waals surface area contributed by atoms with Crippen molar-refractivity contribution in [2.75, 3.05) is 31.6 Å². The van der Waals surface area contributed by atoms with Crippen molar-refractivity contribution in [2.45, 2.75) is 38.6 Å². The monoisotopic (exact) mass is 458 g/mol. The lowest BCUT2D eigenvalue weighted by molar-refractivity contribution is 0.0975. The molecule has 4 nitrogen and oxygen atoms in total. The number of benzene rings is 3. The minimum atomic E-state index is -0.337. The molecule has 0 unspecified atom stereocenters. The zero-order valence-electron chi connectivity index (χ0n) is 20.1. The molecule has 0 bridgehead atoms. The van der Waals surface area contributed by atoms with Crippen molar-refractivity contribution in [3.8, 4) is 5.75 Å². The molecule has 3 aromatic rings. The van der Waals surface area contributed by atoms with E-state index in [1.807, 2.05) is 17.0 Å². The van der Waals surface area contributed by atoms with Crippen LogP contribution in [0.5, 0.6) is 5.75 Å². The number of piperidine rings is 1. The van der Waals surface area contributed by atoms with Crippen LogP contribution in [0.15, 0.2) is 60.7 Å². The van der Waals surface area contributed by atoms with E-state index >= 15 is 0 Å². The van der Waals surface area contributed by atoms with Gasteiger partial charge in [0.05, 0.1) is 7.11 Å². The van der Waals surface area contributed by atoms with Gasteiger partial charge in [-0.2, -0.15) is 0 Å². The predicted octanol–water partition coefficient (Wildman–Crippen LogP) is 5.65. The van der Waals surface area contributed by atoms with Gasteiger partial charge < -0.3 is 9.64 Å². The van der Waals surface area contributed by atoms with Crippen molar-refractivity contribution in [3.63, 3.8) is 0 Å². The van der Waals surface area contributed by atoms with Crippen molar-refractivity contribution in [3.05, 3.63) is 94.3 Å². The molecule has 3 aromatic carbocycles. The van der Waals surface area contributed by atoms with Gasteiger partial charge in [-0.25, -0.2) is 4.39 Å². The Bertz CT molecular complexity index is 1190. The molecule has 2 aliphatic rings. The Labute approximate surface area is 201 Å². The maximum absolute atomic E-state index is 13.4. The van der Waals surface area contributed by atoms with E-state index in [2.05, 4.69) is 43.0 Å². The molecule has 2 heterocycles. The normalized spacial score (nSPS) is 17.1. The lowest BCUT2D eigenvalue weighted by Gasteiger charge is -2.40. The maximum atomic E-state index is 13.4. The summed E-state index contributed by atoms with van der Waals surface area (Å²) in [6, 6.07) is 18.6. The van der Waals surface area contributed by atoms with Gasteiger partial charge in [-0.15, -0.1) is 0 Å². The fourth-order valence-corrected chi connectivity index (χ4v) is 5.69. The lowest BCUT2D eigenvalue weighted by atomic mass is 9.74. The first-order valence-electron chi connectivity index (χ1n) is 11.9. The van der Waals surface area contributed by atoms with Gasteiger partial charge >= 0.3 is 0 Å². The van der Waals surface area contributed by atoms with Crippen LogP contribution in [0.25, 0.3) is 0 Å². The number of aryl methyl sites for hydroxylation is 2. The number of hydrogen-bond acceptors (Lipinski definition) is 3. The molecule has 5 rings (SSSR count). The summed E-state index contributed by atoms with van der Waals surface area (Å²) >= 11 is 0. The molecule has 176 valence electrons. The van der Waals surface area contributed by atoms with E-state index in [0.29, 0.717) is 12.1 Å². The third-order valence-electron chi connectivity index (χ3n) is 7.36. The fraction of sp³-hybridized carbons (Fsp3) is 0.345. The van der Waals surface area contributed by atoms with Gasteiger partial charge in [0, 0.05) is 29.8 Å². The van der Waals surface area contributed by atoms with Crippen LogP contribution < -0.4 is 9.64 Å². The summed E-state index contributed by atoms with van der Waals surface area (Å²) in [5, 5.41) is 0. The second-order valence-electron chi connectivity index (χ2n) is 9.83. The highest BCUT2D eigenvalue weighted by Crippen LogP contribution is 2.48. The molecule has 5 heteroatoms. The predicted molar refractivity (Wildman–Crippen MR) is 133 cm³/mol. The number of nitrogens with zero attached hydrogens (tertiary/aromatic N) is 2. The Hall–Kier alpha value is -3.18. The SMILES string of the molecule is COc1ccc2c(c1)C1(CCN(Cc3cc(C)cc(C)c3)CC1)CN2C(=O)c1ccc(F)cc1. The number of carbonyl (C=O) groups excluding carboxylic acids is 1. The molecule has 34 heavy (non-hydrogen) atoms. The molecule has 2 aliphatic heterocycles. The average Bonchev–Trinajstić information content (AvgIpc) is 3.13. The molecule has 0 radical (unpaired) electrons. The first-order chi connectivity index (χ1) is 16.4. The van der Waals surface area contributed by atoms with E-state index in [9.17, 15) is 9.18 Å². The molecule has 1 spiro atoms. The van der Waals surface area contributed by atoms with Gasteiger partial charge in [0.2, 0.25) is 0 Å². The molecule has 0 atom stereocenters. The van der Waals surface area contributed by atoms with E-state index in [4.69, 9.17) is 4.74 Å². The number of hydrogen-bond donors (Lipinski definition) is 0. The first-order valence-corrected chi connectivity index (χ1v) is 11.9. The van der Waals surface area contributed by atoms with E-state index in [1.54, 1.807) is 19.2 Å². The van der Waals surface area contributed by atoms with Crippen LogP contribution >= 0.6 is 0 Å². The van der Waals surface area contributed by atoms with Crippen LogP contribution in [-0.2, 0) is 12.0 Å². The first kappa shape index (κ1) is 22.6. The molecule has 1 fully saturated rings. The third-order valence-corrected chi connectivity index (χ3v) is 7.36. The van der Waals surface area contributed by atoms with Crippen LogP contribution in [0.2, 0.25) is 0 Å². The van der Waals surface area contributed by atoms with Crippen molar-refractivity contribution >= 4 is 11.6 Å². The topological polar surface area (TPSA) is 32.8 Å². The Morgan fingerprint density at radius 1 is 0.971 bits per heavy atom. The highest BCUT2D eigenvalue weighted by Gasteiger charge is 2.46. The van der Waals surface area contributed by atoms with Crippen LogP contribution in [0.4, 0.5) is 10.1 Å². The van der Waals surface area contributed by atoms with Crippen LogP contribution in [0.1, 0.15) is 45.5 Å². The smallest absolute Gasteiger partial charge is 0.258 e. The van der Waals surface area contributed by atoms with Gasteiger partial charge in [-0.3, -0.25) is 9.69 Å². The Balaban J connectivity index is 1.40. The van der Waals surface area contributed by atoms with Crippen LogP contribution in [0.3, 0.4) is 0 Å². The van der Waals surface area contributed by atoms with Crippen molar-refractivity contribution in [1.29, 1.82) is 0 Å². The second-order valence-corrected chi connectivity index (χ2v) is 9.83. The second kappa shape index (κ2) is 8.88.